The van der Waals surface area contributed by atoms with Gasteiger partial charge < -0.3 is 5.73 Å². The van der Waals surface area contributed by atoms with E-state index in [0.29, 0.717) is 0 Å². The molecule has 1 aliphatic heterocycles. The zero-order valence-corrected chi connectivity index (χ0v) is 9.66. The van der Waals surface area contributed by atoms with Crippen molar-refractivity contribution in [3.05, 3.63) is 15.6 Å². The third-order valence-electron chi connectivity index (χ3n) is 2.93. The normalized spacial score (nSPS) is 23.2. The van der Waals surface area contributed by atoms with Gasteiger partial charge in [0.1, 0.15) is 5.01 Å². The zero-order chi connectivity index (χ0) is 9.54. The third kappa shape index (κ3) is 1.59. The molecule has 1 aromatic rings. The maximum atomic E-state index is 6.15. The molecule has 0 saturated heterocycles. The lowest BCUT2D eigenvalue weighted by Crippen LogP contribution is -2.12. The molecule has 0 radical (unpaired) electrons. The highest BCUT2D eigenvalue weighted by molar-refractivity contribution is 7.98. The van der Waals surface area contributed by atoms with E-state index in [-0.39, 0.29) is 6.04 Å². The summed E-state index contributed by atoms with van der Waals surface area (Å²) in [5.74, 6) is 3.12. The summed E-state index contributed by atoms with van der Waals surface area (Å²) >= 11 is 3.87. The van der Waals surface area contributed by atoms with Crippen LogP contribution in [-0.2, 0) is 12.2 Å². The molecule has 3 rings (SSSR count). The van der Waals surface area contributed by atoms with Gasteiger partial charge in [-0.3, -0.25) is 0 Å². The lowest BCUT2D eigenvalue weighted by Gasteiger charge is -2.06. The molecule has 0 aromatic carbocycles. The quantitative estimate of drug-likeness (QED) is 0.841. The summed E-state index contributed by atoms with van der Waals surface area (Å²) in [7, 11) is 0. The van der Waals surface area contributed by atoms with Crippen LogP contribution >= 0.6 is 23.1 Å². The largest absolute Gasteiger partial charge is 0.322 e. The lowest BCUT2D eigenvalue weighted by molar-refractivity contribution is 0.627. The Balaban J connectivity index is 1.87. The number of fused-ring (bicyclic) bond motifs is 1. The molecule has 2 nitrogen and oxygen atoms in total. The smallest absolute Gasteiger partial charge is 0.110 e. The summed E-state index contributed by atoms with van der Waals surface area (Å²) in [6, 6.07) is 0.232. The highest BCUT2D eigenvalue weighted by Gasteiger charge is 2.32. The first-order valence-electron chi connectivity index (χ1n) is 5.16. The molecule has 14 heavy (non-hydrogen) atoms. The predicted molar refractivity (Wildman–Crippen MR) is 61.6 cm³/mol. The minimum Gasteiger partial charge on any atom is -0.322 e. The number of thiazole rings is 1. The van der Waals surface area contributed by atoms with E-state index < -0.39 is 0 Å². The fourth-order valence-electron chi connectivity index (χ4n) is 1.84. The third-order valence-corrected chi connectivity index (χ3v) is 5.29. The average molecular weight is 226 g/mol. The maximum Gasteiger partial charge on any atom is 0.110 e. The fraction of sp³-hybridized carbons (Fsp3) is 0.700. The predicted octanol–water partition coefficient (Wildman–Crippen LogP) is 2.34. The topological polar surface area (TPSA) is 38.9 Å². The van der Waals surface area contributed by atoms with E-state index in [1.165, 1.54) is 34.2 Å². The van der Waals surface area contributed by atoms with Gasteiger partial charge in [0.25, 0.3) is 0 Å². The summed E-state index contributed by atoms with van der Waals surface area (Å²) in [4.78, 5) is 6.17. The van der Waals surface area contributed by atoms with Crippen molar-refractivity contribution in [2.45, 2.75) is 31.1 Å². The van der Waals surface area contributed by atoms with E-state index in [4.69, 9.17) is 10.7 Å². The molecule has 1 atom stereocenters. The van der Waals surface area contributed by atoms with Crippen LogP contribution in [0.5, 0.6) is 0 Å². The summed E-state index contributed by atoms with van der Waals surface area (Å²) in [6.45, 7) is 0. The van der Waals surface area contributed by atoms with E-state index >= 15 is 0 Å². The van der Waals surface area contributed by atoms with Crippen LogP contribution in [-0.4, -0.2) is 10.7 Å². The highest BCUT2D eigenvalue weighted by Crippen LogP contribution is 2.42. The Morgan fingerprint density at radius 3 is 3.00 bits per heavy atom. The number of hydrogen-bond acceptors (Lipinski definition) is 4. The van der Waals surface area contributed by atoms with Crippen molar-refractivity contribution in [3.63, 3.8) is 0 Å². The molecule has 1 aromatic heterocycles. The number of rotatable bonds is 2. The Morgan fingerprint density at radius 1 is 1.43 bits per heavy atom. The Hall–Kier alpha value is -0.0600. The molecular weight excluding hydrogens is 212 g/mol. The Morgan fingerprint density at radius 2 is 2.29 bits per heavy atom. The second kappa shape index (κ2) is 3.51. The zero-order valence-electron chi connectivity index (χ0n) is 8.03. The minimum atomic E-state index is 0.232. The Labute approximate surface area is 92.3 Å². The van der Waals surface area contributed by atoms with Crippen LogP contribution in [0.15, 0.2) is 0 Å². The van der Waals surface area contributed by atoms with Gasteiger partial charge in [-0.05, 0) is 30.9 Å². The molecule has 2 heterocycles. The van der Waals surface area contributed by atoms with Gasteiger partial charge in [-0.1, -0.05) is 0 Å². The maximum absolute atomic E-state index is 6.15. The number of aromatic nitrogens is 1. The van der Waals surface area contributed by atoms with Gasteiger partial charge in [-0.15, -0.1) is 11.3 Å². The summed E-state index contributed by atoms with van der Waals surface area (Å²) in [5.41, 5.74) is 7.49. The fourth-order valence-corrected chi connectivity index (χ4v) is 4.17. The minimum absolute atomic E-state index is 0.232. The van der Waals surface area contributed by atoms with Crippen LogP contribution in [0.4, 0.5) is 0 Å². The van der Waals surface area contributed by atoms with Crippen molar-refractivity contribution in [2.24, 2.45) is 11.7 Å². The van der Waals surface area contributed by atoms with Crippen LogP contribution in [0.25, 0.3) is 0 Å². The lowest BCUT2D eigenvalue weighted by atomic mass is 10.2. The standard InChI is InChI=1S/C10H14N2S2/c11-9(6-1-2-6)10-12-7-3-4-13-5-8(7)14-10/h6,9H,1-5,11H2. The molecule has 0 spiro atoms. The van der Waals surface area contributed by atoms with Crippen LogP contribution in [0, 0.1) is 5.92 Å². The van der Waals surface area contributed by atoms with Crippen LogP contribution in [0.1, 0.15) is 34.5 Å². The summed E-state index contributed by atoms with van der Waals surface area (Å²) < 4.78 is 0. The number of aryl methyl sites for hydroxylation is 1. The van der Waals surface area contributed by atoms with Crippen molar-refractivity contribution in [3.8, 4) is 0 Å². The summed E-state index contributed by atoms with van der Waals surface area (Å²) in [5, 5.41) is 1.19. The second-order valence-electron chi connectivity index (χ2n) is 4.09. The number of thioether (sulfide) groups is 1. The molecule has 76 valence electrons. The van der Waals surface area contributed by atoms with Crippen molar-refractivity contribution in [1.29, 1.82) is 0 Å². The van der Waals surface area contributed by atoms with E-state index in [2.05, 4.69) is 0 Å². The van der Waals surface area contributed by atoms with E-state index in [9.17, 15) is 0 Å². The first-order valence-corrected chi connectivity index (χ1v) is 7.13. The Kier molecular flexibility index (Phi) is 2.30. The van der Waals surface area contributed by atoms with Crippen LogP contribution in [0.3, 0.4) is 0 Å². The molecule has 4 heteroatoms. The van der Waals surface area contributed by atoms with Gasteiger partial charge in [0.2, 0.25) is 0 Å². The average Bonchev–Trinajstić information content (AvgIpc) is 2.95. The molecule has 1 aliphatic carbocycles. The monoisotopic (exact) mass is 226 g/mol. The second-order valence-corrected chi connectivity index (χ2v) is 6.31. The van der Waals surface area contributed by atoms with Gasteiger partial charge in [0.15, 0.2) is 0 Å². The molecule has 0 bridgehead atoms. The first-order chi connectivity index (χ1) is 6.84. The van der Waals surface area contributed by atoms with Gasteiger partial charge in [0.05, 0.1) is 11.7 Å². The van der Waals surface area contributed by atoms with Gasteiger partial charge >= 0.3 is 0 Å². The highest BCUT2D eigenvalue weighted by atomic mass is 32.2. The number of nitrogens with zero attached hydrogens (tertiary/aromatic N) is 1. The molecule has 1 saturated carbocycles. The molecule has 0 amide bonds. The molecule has 1 unspecified atom stereocenters. The molecule has 1 fully saturated rings. The molecule has 2 N–H and O–H groups in total. The van der Waals surface area contributed by atoms with Crippen molar-refractivity contribution in [2.75, 3.05) is 5.75 Å². The van der Waals surface area contributed by atoms with Crippen molar-refractivity contribution < 1.29 is 0 Å². The number of hydrogen-bond donors (Lipinski definition) is 1. The van der Waals surface area contributed by atoms with E-state index in [1.807, 2.05) is 23.1 Å². The number of nitrogens with two attached hydrogens (primary N) is 1. The van der Waals surface area contributed by atoms with Crippen LogP contribution < -0.4 is 5.73 Å². The van der Waals surface area contributed by atoms with Crippen LogP contribution in [0.2, 0.25) is 0 Å². The van der Waals surface area contributed by atoms with E-state index in [0.717, 1.165) is 18.1 Å². The molecule has 2 aliphatic rings. The SMILES string of the molecule is NC(c1nc2c(s1)CSCC2)C1CC1. The Bertz CT molecular complexity index is 320. The van der Waals surface area contributed by atoms with E-state index in [1.54, 1.807) is 0 Å². The molecular formula is C10H14N2S2. The first kappa shape index (κ1) is 9.19. The van der Waals surface area contributed by atoms with Crippen molar-refractivity contribution in [1.82, 2.24) is 4.98 Å². The summed E-state index contributed by atoms with van der Waals surface area (Å²) in [6.07, 6.45) is 3.76. The van der Waals surface area contributed by atoms with Gasteiger partial charge in [-0.2, -0.15) is 11.8 Å². The van der Waals surface area contributed by atoms with Gasteiger partial charge in [0, 0.05) is 10.6 Å². The van der Waals surface area contributed by atoms with Gasteiger partial charge in [-0.25, -0.2) is 4.98 Å². The van der Waals surface area contributed by atoms with Crippen molar-refractivity contribution >= 4 is 23.1 Å².